The summed E-state index contributed by atoms with van der Waals surface area (Å²) < 4.78 is 0. The Bertz CT molecular complexity index is 248. The monoisotopic (exact) mass is 231 g/mol. The normalized spacial score (nSPS) is 25.1. The molecule has 1 aliphatic heterocycles. The Kier molecular flexibility index (Phi) is 3.70. The van der Waals surface area contributed by atoms with E-state index in [0.717, 1.165) is 13.0 Å². The van der Waals surface area contributed by atoms with Gasteiger partial charge in [-0.2, -0.15) is 0 Å². The molecule has 0 aromatic rings. The molecule has 0 saturated carbocycles. The van der Waals surface area contributed by atoms with Gasteiger partial charge in [0.05, 0.1) is 0 Å². The lowest BCUT2D eigenvalue weighted by molar-refractivity contribution is -0.132. The fourth-order valence-electron chi connectivity index (χ4n) is 2.85. The van der Waals surface area contributed by atoms with Gasteiger partial charge in [0.2, 0.25) is 5.91 Å². The van der Waals surface area contributed by atoms with Gasteiger partial charge in [-0.1, -0.05) is 27.7 Å². The first-order valence-corrected chi connectivity index (χ1v) is 6.13. The second-order valence-electron chi connectivity index (χ2n) is 6.19. The van der Waals surface area contributed by atoms with Crippen LogP contribution in [0, 0.1) is 10.8 Å². The minimum Gasteiger partial charge on any atom is -0.341 e. The summed E-state index contributed by atoms with van der Waals surface area (Å²) in [6.45, 7) is 10.3. The van der Waals surface area contributed by atoms with Crippen LogP contribution in [0.1, 0.15) is 40.5 Å². The molecule has 0 radical (unpaired) electrons. The molecule has 1 saturated heterocycles. The summed E-state index contributed by atoms with van der Waals surface area (Å²) in [6, 6.07) is 0. The molecule has 1 fully saturated rings. The van der Waals surface area contributed by atoms with E-state index in [1.54, 1.807) is 0 Å². The fraction of sp³-hybridized carbons (Fsp3) is 0.917. The lowest BCUT2D eigenvalue weighted by Gasteiger charge is -2.32. The van der Waals surface area contributed by atoms with Gasteiger partial charge in [0.15, 0.2) is 0 Å². The predicted octanol–water partition coefficient (Wildman–Crippen LogP) is 2.90. The summed E-state index contributed by atoms with van der Waals surface area (Å²) in [4.78, 5) is 13.9. The van der Waals surface area contributed by atoms with E-state index in [1.165, 1.54) is 0 Å². The van der Waals surface area contributed by atoms with Crippen LogP contribution in [0.25, 0.3) is 0 Å². The average molecular weight is 232 g/mol. The molecule has 0 atom stereocenters. The van der Waals surface area contributed by atoms with Gasteiger partial charge in [0.1, 0.15) is 0 Å². The van der Waals surface area contributed by atoms with Gasteiger partial charge < -0.3 is 4.90 Å². The Hall–Kier alpha value is -0.240. The van der Waals surface area contributed by atoms with Crippen LogP contribution in [-0.4, -0.2) is 29.8 Å². The molecule has 15 heavy (non-hydrogen) atoms. The Morgan fingerprint density at radius 1 is 1.27 bits per heavy atom. The highest BCUT2D eigenvalue weighted by atomic mass is 35.5. The summed E-state index contributed by atoms with van der Waals surface area (Å²) in [5.74, 6) is 0.786. The molecular weight excluding hydrogens is 210 g/mol. The molecule has 0 aromatic heterocycles. The molecule has 3 heteroatoms. The van der Waals surface area contributed by atoms with Crippen molar-refractivity contribution in [2.75, 3.05) is 19.0 Å². The molecule has 1 amide bonds. The number of nitrogens with zero attached hydrogens (tertiary/aromatic N) is 1. The summed E-state index contributed by atoms with van der Waals surface area (Å²) in [7, 11) is 0. The zero-order valence-corrected chi connectivity index (χ0v) is 11.0. The molecule has 0 unspecified atom stereocenters. The molecular formula is C12H22ClNO. The third kappa shape index (κ3) is 3.67. The van der Waals surface area contributed by atoms with Gasteiger partial charge in [-0.05, 0) is 17.3 Å². The van der Waals surface area contributed by atoms with E-state index in [-0.39, 0.29) is 16.7 Å². The molecule has 1 aliphatic rings. The molecule has 0 spiro atoms. The smallest absolute Gasteiger partial charge is 0.223 e. The number of hydrogen-bond acceptors (Lipinski definition) is 1. The van der Waals surface area contributed by atoms with E-state index in [1.807, 2.05) is 4.90 Å². The minimum absolute atomic E-state index is 0.113. The molecule has 2 nitrogen and oxygen atoms in total. The van der Waals surface area contributed by atoms with Crippen LogP contribution in [0.15, 0.2) is 0 Å². The van der Waals surface area contributed by atoms with Gasteiger partial charge in [-0.3, -0.25) is 4.79 Å². The zero-order valence-electron chi connectivity index (χ0n) is 10.3. The number of likely N-dealkylation sites (tertiary alicyclic amines) is 1. The maximum Gasteiger partial charge on any atom is 0.223 e. The molecule has 1 heterocycles. The largest absolute Gasteiger partial charge is 0.341 e. The SMILES string of the molecule is CC1(C)CC(=O)N(CCCl)CC(C)(C)C1. The van der Waals surface area contributed by atoms with Gasteiger partial charge in [0, 0.05) is 25.4 Å². The molecule has 88 valence electrons. The second-order valence-corrected chi connectivity index (χ2v) is 6.56. The maximum atomic E-state index is 12.0. The van der Waals surface area contributed by atoms with Crippen molar-refractivity contribution < 1.29 is 4.79 Å². The van der Waals surface area contributed by atoms with E-state index in [9.17, 15) is 4.79 Å². The molecule has 0 aromatic carbocycles. The molecule has 0 bridgehead atoms. The zero-order chi connectivity index (χ0) is 11.7. The number of rotatable bonds is 2. The van der Waals surface area contributed by atoms with Crippen LogP contribution >= 0.6 is 11.6 Å². The Labute approximate surface area is 98.0 Å². The quantitative estimate of drug-likeness (QED) is 0.670. The van der Waals surface area contributed by atoms with Crippen molar-refractivity contribution in [2.45, 2.75) is 40.5 Å². The Morgan fingerprint density at radius 2 is 1.87 bits per heavy atom. The van der Waals surface area contributed by atoms with Crippen LogP contribution in [0.4, 0.5) is 0 Å². The van der Waals surface area contributed by atoms with Crippen molar-refractivity contribution in [3.05, 3.63) is 0 Å². The lowest BCUT2D eigenvalue weighted by Crippen LogP contribution is -2.37. The highest BCUT2D eigenvalue weighted by molar-refractivity contribution is 6.18. The standard InChI is InChI=1S/C12H22ClNO/c1-11(2)7-10(15)14(6-5-13)9-12(3,4)8-11/h5-9H2,1-4H3. The lowest BCUT2D eigenvalue weighted by atomic mass is 9.74. The van der Waals surface area contributed by atoms with Crippen molar-refractivity contribution >= 4 is 17.5 Å². The van der Waals surface area contributed by atoms with Gasteiger partial charge in [0.25, 0.3) is 0 Å². The van der Waals surface area contributed by atoms with Gasteiger partial charge in [-0.15, -0.1) is 11.6 Å². The van der Waals surface area contributed by atoms with E-state index in [4.69, 9.17) is 11.6 Å². The number of alkyl halides is 1. The first-order chi connectivity index (χ1) is 6.76. The van der Waals surface area contributed by atoms with E-state index in [2.05, 4.69) is 27.7 Å². The highest BCUT2D eigenvalue weighted by Crippen LogP contribution is 2.39. The predicted molar refractivity (Wildman–Crippen MR) is 64.1 cm³/mol. The number of carbonyl (C=O) groups is 1. The molecule has 0 N–H and O–H groups in total. The van der Waals surface area contributed by atoms with Crippen LogP contribution in [-0.2, 0) is 4.79 Å². The number of hydrogen-bond donors (Lipinski definition) is 0. The van der Waals surface area contributed by atoms with Gasteiger partial charge in [-0.25, -0.2) is 0 Å². The molecule has 1 rings (SSSR count). The Morgan fingerprint density at radius 3 is 2.40 bits per heavy atom. The van der Waals surface area contributed by atoms with Crippen molar-refractivity contribution in [3.8, 4) is 0 Å². The van der Waals surface area contributed by atoms with Crippen molar-refractivity contribution in [2.24, 2.45) is 10.8 Å². The minimum atomic E-state index is 0.113. The number of halogens is 1. The highest BCUT2D eigenvalue weighted by Gasteiger charge is 2.37. The number of amides is 1. The first-order valence-electron chi connectivity index (χ1n) is 5.60. The second kappa shape index (κ2) is 4.32. The maximum absolute atomic E-state index is 12.0. The van der Waals surface area contributed by atoms with Crippen LogP contribution in [0.3, 0.4) is 0 Å². The summed E-state index contributed by atoms with van der Waals surface area (Å²) in [5.41, 5.74) is 0.309. The topological polar surface area (TPSA) is 20.3 Å². The van der Waals surface area contributed by atoms with Gasteiger partial charge >= 0.3 is 0 Å². The summed E-state index contributed by atoms with van der Waals surface area (Å²) in [6.07, 6.45) is 1.73. The summed E-state index contributed by atoms with van der Waals surface area (Å²) >= 11 is 5.72. The van der Waals surface area contributed by atoms with Crippen molar-refractivity contribution in [1.29, 1.82) is 0 Å². The number of carbonyl (C=O) groups excluding carboxylic acids is 1. The summed E-state index contributed by atoms with van der Waals surface area (Å²) in [5, 5.41) is 0. The van der Waals surface area contributed by atoms with Crippen LogP contribution in [0.5, 0.6) is 0 Å². The third-order valence-electron chi connectivity index (χ3n) is 2.91. The first kappa shape index (κ1) is 12.8. The third-order valence-corrected chi connectivity index (χ3v) is 3.08. The van der Waals surface area contributed by atoms with Crippen molar-refractivity contribution in [3.63, 3.8) is 0 Å². The van der Waals surface area contributed by atoms with Crippen molar-refractivity contribution in [1.82, 2.24) is 4.90 Å². The van der Waals surface area contributed by atoms with E-state index < -0.39 is 0 Å². The molecule has 0 aliphatic carbocycles. The van der Waals surface area contributed by atoms with E-state index in [0.29, 0.717) is 18.8 Å². The van der Waals surface area contributed by atoms with Crippen LogP contribution in [0.2, 0.25) is 0 Å². The van der Waals surface area contributed by atoms with E-state index >= 15 is 0 Å². The average Bonchev–Trinajstić information content (AvgIpc) is 2.05. The van der Waals surface area contributed by atoms with Crippen LogP contribution < -0.4 is 0 Å². The fourth-order valence-corrected chi connectivity index (χ4v) is 3.05. The Balaban J connectivity index is 2.83.